The third kappa shape index (κ3) is 1.58. The van der Waals surface area contributed by atoms with Crippen LogP contribution in [0.3, 0.4) is 0 Å². The van der Waals surface area contributed by atoms with Crippen molar-refractivity contribution in [2.45, 2.75) is 0 Å². The first-order chi connectivity index (χ1) is 6.36. The van der Waals surface area contributed by atoms with E-state index in [1.54, 1.807) is 24.8 Å². The summed E-state index contributed by atoms with van der Waals surface area (Å²) in [6.07, 6.45) is 8.15. The molecule has 2 rings (SSSR count). The van der Waals surface area contributed by atoms with Crippen molar-refractivity contribution in [1.29, 1.82) is 0 Å². The fourth-order valence-corrected chi connectivity index (χ4v) is 0.935. The molecule has 0 bridgehead atoms. The smallest absolute Gasteiger partial charge is 0.219 e. The van der Waals surface area contributed by atoms with Crippen LogP contribution in [0.15, 0.2) is 31.1 Å². The van der Waals surface area contributed by atoms with Crippen molar-refractivity contribution in [1.82, 2.24) is 19.9 Å². The first-order valence-electron chi connectivity index (χ1n) is 3.69. The van der Waals surface area contributed by atoms with E-state index in [1.165, 1.54) is 6.33 Å². The molecule has 2 aromatic heterocycles. The van der Waals surface area contributed by atoms with E-state index in [9.17, 15) is 0 Å². The number of nitrogen functional groups attached to an aromatic ring is 1. The molecule has 0 saturated carbocycles. The predicted octanol–water partition coefficient (Wildman–Crippen LogP) is 0.516. The standard InChI is InChI=1S/C8H7N5/c9-8-12-3-7(4-13-8)6-1-10-5-11-2-6/h1-5H,(H2,9,12,13). The Balaban J connectivity index is 2.42. The topological polar surface area (TPSA) is 77.6 Å². The van der Waals surface area contributed by atoms with Crippen LogP contribution in [0.25, 0.3) is 11.1 Å². The number of nitrogens with two attached hydrogens (primary N) is 1. The van der Waals surface area contributed by atoms with Crippen LogP contribution in [0.4, 0.5) is 5.95 Å². The minimum absolute atomic E-state index is 0.264. The molecule has 0 radical (unpaired) electrons. The van der Waals surface area contributed by atoms with Gasteiger partial charge in [-0.3, -0.25) is 0 Å². The van der Waals surface area contributed by atoms with E-state index < -0.39 is 0 Å². The zero-order valence-electron chi connectivity index (χ0n) is 6.75. The average Bonchev–Trinajstić information content (AvgIpc) is 2.20. The second-order valence-corrected chi connectivity index (χ2v) is 2.46. The SMILES string of the molecule is Nc1ncc(-c2cncnc2)cn1. The number of anilines is 1. The summed E-state index contributed by atoms with van der Waals surface area (Å²) in [5, 5.41) is 0. The molecule has 0 saturated heterocycles. The molecule has 2 aromatic rings. The van der Waals surface area contributed by atoms with Gasteiger partial charge >= 0.3 is 0 Å². The lowest BCUT2D eigenvalue weighted by molar-refractivity contribution is 1.15. The van der Waals surface area contributed by atoms with Gasteiger partial charge in [0.25, 0.3) is 0 Å². The van der Waals surface area contributed by atoms with Gasteiger partial charge in [0.2, 0.25) is 5.95 Å². The van der Waals surface area contributed by atoms with E-state index in [1.807, 2.05) is 0 Å². The third-order valence-corrected chi connectivity index (χ3v) is 1.57. The molecule has 0 fully saturated rings. The van der Waals surface area contributed by atoms with Crippen LogP contribution < -0.4 is 5.73 Å². The van der Waals surface area contributed by atoms with Gasteiger partial charge in [0, 0.05) is 35.9 Å². The van der Waals surface area contributed by atoms with Crippen molar-refractivity contribution < 1.29 is 0 Å². The fourth-order valence-electron chi connectivity index (χ4n) is 0.935. The largest absolute Gasteiger partial charge is 0.368 e. The highest BCUT2D eigenvalue weighted by Crippen LogP contribution is 2.14. The Morgan fingerprint density at radius 1 is 0.846 bits per heavy atom. The highest BCUT2D eigenvalue weighted by Gasteiger charge is 1.97. The zero-order valence-corrected chi connectivity index (χ0v) is 6.75. The lowest BCUT2D eigenvalue weighted by atomic mass is 10.2. The Bertz CT molecular complexity index is 383. The first-order valence-corrected chi connectivity index (χ1v) is 3.69. The molecular formula is C8H7N5. The Morgan fingerprint density at radius 3 is 2.00 bits per heavy atom. The van der Waals surface area contributed by atoms with Gasteiger partial charge in [-0.05, 0) is 0 Å². The summed E-state index contributed by atoms with van der Waals surface area (Å²) in [5.41, 5.74) is 7.08. The number of hydrogen-bond acceptors (Lipinski definition) is 5. The van der Waals surface area contributed by atoms with Gasteiger partial charge in [0.1, 0.15) is 6.33 Å². The minimum atomic E-state index is 0.264. The zero-order chi connectivity index (χ0) is 9.10. The number of rotatable bonds is 1. The number of aromatic nitrogens is 4. The van der Waals surface area contributed by atoms with Gasteiger partial charge in [0.05, 0.1) is 0 Å². The summed E-state index contributed by atoms with van der Waals surface area (Å²) in [5.74, 6) is 0.264. The van der Waals surface area contributed by atoms with Crippen LogP contribution in [-0.4, -0.2) is 19.9 Å². The van der Waals surface area contributed by atoms with Gasteiger partial charge in [-0.2, -0.15) is 0 Å². The van der Waals surface area contributed by atoms with E-state index in [0.29, 0.717) is 0 Å². The summed E-state index contributed by atoms with van der Waals surface area (Å²) in [6, 6.07) is 0. The van der Waals surface area contributed by atoms with Gasteiger partial charge in [-0.15, -0.1) is 0 Å². The molecule has 0 unspecified atom stereocenters. The van der Waals surface area contributed by atoms with Crippen LogP contribution in [0, 0.1) is 0 Å². The summed E-state index contributed by atoms with van der Waals surface area (Å²) in [6.45, 7) is 0. The Kier molecular flexibility index (Phi) is 1.84. The van der Waals surface area contributed by atoms with Crippen LogP contribution >= 0.6 is 0 Å². The second-order valence-electron chi connectivity index (χ2n) is 2.46. The van der Waals surface area contributed by atoms with E-state index >= 15 is 0 Å². The maximum absolute atomic E-state index is 5.35. The Morgan fingerprint density at radius 2 is 1.38 bits per heavy atom. The average molecular weight is 173 g/mol. The summed E-state index contributed by atoms with van der Waals surface area (Å²) in [4.78, 5) is 15.5. The Labute approximate surface area is 74.7 Å². The van der Waals surface area contributed by atoms with Gasteiger partial charge < -0.3 is 5.73 Å². The lowest BCUT2D eigenvalue weighted by Gasteiger charge is -1.97. The minimum Gasteiger partial charge on any atom is -0.368 e. The third-order valence-electron chi connectivity index (χ3n) is 1.57. The van der Waals surface area contributed by atoms with E-state index in [4.69, 9.17) is 5.73 Å². The molecular weight excluding hydrogens is 166 g/mol. The number of hydrogen-bond donors (Lipinski definition) is 1. The van der Waals surface area contributed by atoms with Crippen molar-refractivity contribution in [2.75, 3.05) is 5.73 Å². The van der Waals surface area contributed by atoms with Crippen LogP contribution in [0.1, 0.15) is 0 Å². The van der Waals surface area contributed by atoms with Gasteiger partial charge in [-0.1, -0.05) is 0 Å². The first kappa shape index (κ1) is 7.60. The van der Waals surface area contributed by atoms with Crippen molar-refractivity contribution in [2.24, 2.45) is 0 Å². The van der Waals surface area contributed by atoms with Crippen molar-refractivity contribution in [3.05, 3.63) is 31.1 Å². The molecule has 0 amide bonds. The molecule has 2 heterocycles. The molecule has 0 aliphatic heterocycles. The van der Waals surface area contributed by atoms with E-state index in [0.717, 1.165) is 11.1 Å². The molecule has 5 nitrogen and oxygen atoms in total. The van der Waals surface area contributed by atoms with E-state index in [2.05, 4.69) is 19.9 Å². The summed E-state index contributed by atoms with van der Waals surface area (Å²) < 4.78 is 0. The second kappa shape index (κ2) is 3.14. The van der Waals surface area contributed by atoms with Crippen molar-refractivity contribution >= 4 is 5.95 Å². The number of nitrogens with zero attached hydrogens (tertiary/aromatic N) is 4. The molecule has 5 heteroatoms. The lowest BCUT2D eigenvalue weighted by Crippen LogP contribution is -1.93. The van der Waals surface area contributed by atoms with Gasteiger partial charge in [0.15, 0.2) is 0 Å². The summed E-state index contributed by atoms with van der Waals surface area (Å²) >= 11 is 0. The van der Waals surface area contributed by atoms with Crippen molar-refractivity contribution in [3.8, 4) is 11.1 Å². The maximum atomic E-state index is 5.35. The Hall–Kier alpha value is -2.04. The highest BCUT2D eigenvalue weighted by molar-refractivity contribution is 5.59. The monoisotopic (exact) mass is 173 g/mol. The molecule has 2 N–H and O–H groups in total. The van der Waals surface area contributed by atoms with Crippen LogP contribution in [0.2, 0.25) is 0 Å². The summed E-state index contributed by atoms with van der Waals surface area (Å²) in [7, 11) is 0. The highest BCUT2D eigenvalue weighted by atomic mass is 15.0. The predicted molar refractivity (Wildman–Crippen MR) is 47.5 cm³/mol. The molecule has 0 atom stereocenters. The normalized spacial score (nSPS) is 9.85. The van der Waals surface area contributed by atoms with Crippen LogP contribution in [0.5, 0.6) is 0 Å². The molecule has 13 heavy (non-hydrogen) atoms. The quantitative estimate of drug-likeness (QED) is 0.680. The van der Waals surface area contributed by atoms with Crippen molar-refractivity contribution in [3.63, 3.8) is 0 Å². The maximum Gasteiger partial charge on any atom is 0.219 e. The fraction of sp³-hybridized carbons (Fsp3) is 0. The molecule has 0 spiro atoms. The molecule has 0 aliphatic carbocycles. The molecule has 0 aromatic carbocycles. The molecule has 64 valence electrons. The molecule has 0 aliphatic rings. The van der Waals surface area contributed by atoms with E-state index in [-0.39, 0.29) is 5.95 Å². The van der Waals surface area contributed by atoms with Gasteiger partial charge in [-0.25, -0.2) is 19.9 Å². The van der Waals surface area contributed by atoms with Crippen LogP contribution in [-0.2, 0) is 0 Å².